The predicted octanol–water partition coefficient (Wildman–Crippen LogP) is 3.43. The predicted molar refractivity (Wildman–Crippen MR) is 76.5 cm³/mol. The van der Waals surface area contributed by atoms with Gasteiger partial charge in [0.25, 0.3) is 5.91 Å². The van der Waals surface area contributed by atoms with E-state index in [0.29, 0.717) is 11.5 Å². The lowest BCUT2D eigenvalue weighted by atomic mass is 10.1. The molecule has 0 aliphatic rings. The number of carbonyl (C=O) groups excluding carboxylic acids is 1. The Bertz CT molecular complexity index is 717. The quantitative estimate of drug-likeness (QED) is 0.796. The van der Waals surface area contributed by atoms with Gasteiger partial charge in [-0.15, -0.1) is 0 Å². The van der Waals surface area contributed by atoms with E-state index in [0.717, 1.165) is 5.56 Å². The van der Waals surface area contributed by atoms with E-state index in [4.69, 9.17) is 8.83 Å². The SMILES string of the molecule is C[C@@H](NC(=O)c1ncoc1-c1ccco1)c1ccccc1. The Morgan fingerprint density at radius 2 is 1.95 bits per heavy atom. The highest BCUT2D eigenvalue weighted by Gasteiger charge is 2.21. The minimum Gasteiger partial charge on any atom is -0.461 e. The van der Waals surface area contributed by atoms with Crippen molar-refractivity contribution in [3.05, 3.63) is 66.4 Å². The molecule has 0 aliphatic heterocycles. The number of furan rings is 1. The summed E-state index contributed by atoms with van der Waals surface area (Å²) in [5.41, 5.74) is 1.24. The molecule has 0 unspecified atom stereocenters. The number of oxazole rings is 1. The van der Waals surface area contributed by atoms with E-state index < -0.39 is 0 Å². The molecule has 5 nitrogen and oxygen atoms in total. The lowest BCUT2D eigenvalue weighted by molar-refractivity contribution is 0.0935. The van der Waals surface area contributed by atoms with Crippen molar-refractivity contribution in [2.24, 2.45) is 0 Å². The third kappa shape index (κ3) is 2.72. The first-order valence-corrected chi connectivity index (χ1v) is 6.59. The van der Waals surface area contributed by atoms with E-state index in [1.165, 1.54) is 12.7 Å². The summed E-state index contributed by atoms with van der Waals surface area (Å²) in [5, 5.41) is 2.90. The van der Waals surface area contributed by atoms with Gasteiger partial charge in [-0.3, -0.25) is 4.79 Å². The van der Waals surface area contributed by atoms with E-state index in [1.54, 1.807) is 12.1 Å². The average Bonchev–Trinajstić information content (AvgIpc) is 3.18. The van der Waals surface area contributed by atoms with Crippen molar-refractivity contribution in [2.45, 2.75) is 13.0 Å². The molecular weight excluding hydrogens is 268 g/mol. The maximum absolute atomic E-state index is 12.3. The molecule has 0 spiro atoms. The first-order chi connectivity index (χ1) is 10.3. The third-order valence-electron chi connectivity index (χ3n) is 3.17. The van der Waals surface area contributed by atoms with Gasteiger partial charge < -0.3 is 14.2 Å². The molecule has 1 amide bonds. The smallest absolute Gasteiger partial charge is 0.274 e. The van der Waals surface area contributed by atoms with Crippen LogP contribution < -0.4 is 5.32 Å². The van der Waals surface area contributed by atoms with Crippen molar-refractivity contribution in [2.75, 3.05) is 0 Å². The van der Waals surface area contributed by atoms with Crippen molar-refractivity contribution < 1.29 is 13.6 Å². The summed E-state index contributed by atoms with van der Waals surface area (Å²) in [6.07, 6.45) is 2.76. The molecule has 0 bridgehead atoms. The number of aromatic nitrogens is 1. The lowest BCUT2D eigenvalue weighted by Gasteiger charge is -2.13. The van der Waals surface area contributed by atoms with E-state index in [1.807, 2.05) is 37.3 Å². The molecule has 0 saturated heterocycles. The highest BCUT2D eigenvalue weighted by molar-refractivity contribution is 5.97. The van der Waals surface area contributed by atoms with Crippen LogP contribution in [0.2, 0.25) is 0 Å². The van der Waals surface area contributed by atoms with Gasteiger partial charge in [0.05, 0.1) is 12.3 Å². The normalized spacial score (nSPS) is 12.0. The minimum absolute atomic E-state index is 0.125. The van der Waals surface area contributed by atoms with Crippen molar-refractivity contribution in [3.63, 3.8) is 0 Å². The maximum atomic E-state index is 12.3. The van der Waals surface area contributed by atoms with Gasteiger partial charge in [0.1, 0.15) is 0 Å². The Labute approximate surface area is 121 Å². The summed E-state index contributed by atoms with van der Waals surface area (Å²) in [6, 6.07) is 13.0. The van der Waals surface area contributed by atoms with Gasteiger partial charge in [-0.2, -0.15) is 0 Å². The van der Waals surface area contributed by atoms with Crippen LogP contribution in [0, 0.1) is 0 Å². The average molecular weight is 282 g/mol. The van der Waals surface area contributed by atoms with Crippen molar-refractivity contribution in [1.82, 2.24) is 10.3 Å². The van der Waals surface area contributed by atoms with E-state index in [9.17, 15) is 4.79 Å². The standard InChI is InChI=1S/C16H14N2O3/c1-11(12-6-3-2-4-7-12)18-16(19)14-15(21-10-17-14)13-8-5-9-20-13/h2-11H,1H3,(H,18,19)/t11-/m1/s1. The molecule has 5 heteroatoms. The summed E-state index contributed by atoms with van der Waals surface area (Å²) in [4.78, 5) is 16.3. The molecule has 0 saturated carbocycles. The van der Waals surface area contributed by atoms with Gasteiger partial charge in [-0.05, 0) is 24.6 Å². The van der Waals surface area contributed by atoms with Crippen LogP contribution in [0.5, 0.6) is 0 Å². The number of benzene rings is 1. The Morgan fingerprint density at radius 1 is 1.14 bits per heavy atom. The zero-order chi connectivity index (χ0) is 14.7. The van der Waals surface area contributed by atoms with Gasteiger partial charge in [-0.1, -0.05) is 30.3 Å². The van der Waals surface area contributed by atoms with E-state index in [-0.39, 0.29) is 17.6 Å². The number of hydrogen-bond donors (Lipinski definition) is 1. The van der Waals surface area contributed by atoms with E-state index in [2.05, 4.69) is 10.3 Å². The van der Waals surface area contributed by atoms with Gasteiger partial charge in [0.2, 0.25) is 5.76 Å². The summed E-state index contributed by atoms with van der Waals surface area (Å²) in [6.45, 7) is 1.92. The molecular formula is C16H14N2O3. The zero-order valence-electron chi connectivity index (χ0n) is 11.4. The van der Waals surface area contributed by atoms with Crippen LogP contribution in [0.4, 0.5) is 0 Å². The largest absolute Gasteiger partial charge is 0.461 e. The molecule has 3 aromatic rings. The molecule has 2 aromatic heterocycles. The highest BCUT2D eigenvalue weighted by Crippen LogP contribution is 2.24. The molecule has 2 heterocycles. The first kappa shape index (κ1) is 13.2. The summed E-state index contributed by atoms with van der Waals surface area (Å²) >= 11 is 0. The van der Waals surface area contributed by atoms with Gasteiger partial charge in [-0.25, -0.2) is 4.98 Å². The third-order valence-corrected chi connectivity index (χ3v) is 3.17. The van der Waals surface area contributed by atoms with Crippen molar-refractivity contribution in [3.8, 4) is 11.5 Å². The Hall–Kier alpha value is -2.82. The number of carbonyl (C=O) groups is 1. The van der Waals surface area contributed by atoms with Gasteiger partial charge in [0.15, 0.2) is 17.8 Å². The molecule has 21 heavy (non-hydrogen) atoms. The van der Waals surface area contributed by atoms with Crippen LogP contribution in [0.1, 0.15) is 29.0 Å². The Kier molecular flexibility index (Phi) is 3.55. The molecule has 0 radical (unpaired) electrons. The van der Waals surface area contributed by atoms with Crippen LogP contribution in [0.15, 0.2) is 64.0 Å². The molecule has 0 aliphatic carbocycles. The van der Waals surface area contributed by atoms with Gasteiger partial charge >= 0.3 is 0 Å². The lowest BCUT2D eigenvalue weighted by Crippen LogP contribution is -2.27. The highest BCUT2D eigenvalue weighted by atomic mass is 16.4. The van der Waals surface area contributed by atoms with Crippen molar-refractivity contribution in [1.29, 1.82) is 0 Å². The minimum atomic E-state index is -0.300. The fourth-order valence-electron chi connectivity index (χ4n) is 2.08. The number of nitrogens with one attached hydrogen (secondary N) is 1. The van der Waals surface area contributed by atoms with E-state index >= 15 is 0 Å². The molecule has 0 fully saturated rings. The molecule has 1 atom stereocenters. The molecule has 1 N–H and O–H groups in total. The number of nitrogens with zero attached hydrogens (tertiary/aromatic N) is 1. The number of amides is 1. The molecule has 106 valence electrons. The second-order valence-corrected chi connectivity index (χ2v) is 4.61. The zero-order valence-corrected chi connectivity index (χ0v) is 11.4. The van der Waals surface area contributed by atoms with Gasteiger partial charge in [0, 0.05) is 0 Å². The second kappa shape index (κ2) is 5.66. The maximum Gasteiger partial charge on any atom is 0.274 e. The monoisotopic (exact) mass is 282 g/mol. The Balaban J connectivity index is 1.79. The summed E-state index contributed by atoms with van der Waals surface area (Å²) in [5.74, 6) is 0.509. The number of rotatable bonds is 4. The Morgan fingerprint density at radius 3 is 2.67 bits per heavy atom. The topological polar surface area (TPSA) is 68.3 Å². The first-order valence-electron chi connectivity index (χ1n) is 6.59. The van der Waals surface area contributed by atoms with Crippen LogP contribution in [-0.2, 0) is 0 Å². The second-order valence-electron chi connectivity index (χ2n) is 4.61. The molecule has 1 aromatic carbocycles. The van der Waals surface area contributed by atoms with Crippen LogP contribution in [0.3, 0.4) is 0 Å². The van der Waals surface area contributed by atoms with Crippen LogP contribution in [0.25, 0.3) is 11.5 Å². The summed E-state index contributed by atoms with van der Waals surface area (Å²) < 4.78 is 10.5. The summed E-state index contributed by atoms with van der Waals surface area (Å²) in [7, 11) is 0. The molecule has 3 rings (SSSR count). The fraction of sp³-hybridized carbons (Fsp3) is 0.125. The van der Waals surface area contributed by atoms with Crippen molar-refractivity contribution >= 4 is 5.91 Å². The van der Waals surface area contributed by atoms with Crippen LogP contribution >= 0.6 is 0 Å². The fourth-order valence-corrected chi connectivity index (χ4v) is 2.08. The van der Waals surface area contributed by atoms with Crippen LogP contribution in [-0.4, -0.2) is 10.9 Å². The number of hydrogen-bond acceptors (Lipinski definition) is 4.